The first kappa shape index (κ1) is 75.8. The van der Waals surface area contributed by atoms with Gasteiger partial charge in [0.15, 0.2) is 6.10 Å². The number of ether oxygens (including phenoxy) is 3. The highest BCUT2D eigenvalue weighted by atomic mass is 16.6. The first-order chi connectivity index (χ1) is 40.0. The van der Waals surface area contributed by atoms with E-state index in [0.29, 0.717) is 25.7 Å². The van der Waals surface area contributed by atoms with Gasteiger partial charge in [0.1, 0.15) is 13.2 Å². The molecule has 81 heavy (non-hydrogen) atoms. The van der Waals surface area contributed by atoms with Crippen LogP contribution in [0, 0.1) is 0 Å². The first-order valence-corrected chi connectivity index (χ1v) is 32.6. The van der Waals surface area contributed by atoms with Crippen LogP contribution in [0.1, 0.15) is 265 Å². The Hall–Kier alpha value is -5.23. The Bertz CT molecular complexity index is 1860. The fraction of sp³-hybridized carbons (Fsp3) is 0.587. The second-order valence-electron chi connectivity index (χ2n) is 20.9. The van der Waals surface area contributed by atoms with Gasteiger partial charge in [0.25, 0.3) is 0 Å². The van der Waals surface area contributed by atoms with Gasteiger partial charge >= 0.3 is 17.9 Å². The molecule has 0 aliphatic rings. The zero-order chi connectivity index (χ0) is 58.5. The molecular weight excluding hydrogens is 997 g/mol. The van der Waals surface area contributed by atoms with E-state index in [1.54, 1.807) is 0 Å². The summed E-state index contributed by atoms with van der Waals surface area (Å²) in [6.45, 7) is 6.32. The van der Waals surface area contributed by atoms with E-state index in [-0.39, 0.29) is 31.1 Å². The molecule has 1 atom stereocenters. The summed E-state index contributed by atoms with van der Waals surface area (Å²) in [6, 6.07) is 0. The molecule has 0 rings (SSSR count). The molecule has 0 aliphatic carbocycles. The summed E-state index contributed by atoms with van der Waals surface area (Å²) in [7, 11) is 0. The number of unbranched alkanes of at least 4 members (excludes halogenated alkanes) is 18. The maximum Gasteiger partial charge on any atom is 0.306 e. The molecular formula is C75H118O6. The van der Waals surface area contributed by atoms with Gasteiger partial charge < -0.3 is 14.2 Å². The average molecular weight is 1120 g/mol. The van der Waals surface area contributed by atoms with E-state index in [1.807, 2.05) is 0 Å². The monoisotopic (exact) mass is 1110 g/mol. The summed E-state index contributed by atoms with van der Waals surface area (Å²) in [5.74, 6) is -0.972. The molecule has 0 aliphatic heterocycles. The predicted molar refractivity (Wildman–Crippen MR) is 352 cm³/mol. The van der Waals surface area contributed by atoms with E-state index in [9.17, 15) is 14.4 Å². The molecule has 0 saturated carbocycles. The molecule has 0 spiro atoms. The molecule has 0 heterocycles. The summed E-state index contributed by atoms with van der Waals surface area (Å²) in [5, 5.41) is 0. The quantitative estimate of drug-likeness (QED) is 0.0261. The molecule has 6 heteroatoms. The molecule has 0 aromatic rings. The van der Waals surface area contributed by atoms with Crippen LogP contribution in [-0.2, 0) is 28.6 Å². The SMILES string of the molecule is CC/C=C\C/C=C\C/C=C\C/C=C\C/C=C\C/C=C\C/C=C\C/C=C\CCCCC(=O)OCC(COC(=O)CCCCCCC/C=C\CCCC)OC(=O)CCCCCCCCCCC/C=C\C/C=C\C/C=C\C/C=C\C/C=C\CC. The Labute approximate surface area is 498 Å². The molecule has 0 amide bonds. The molecule has 0 saturated heterocycles. The van der Waals surface area contributed by atoms with Crippen molar-refractivity contribution in [3.05, 3.63) is 170 Å². The summed E-state index contributed by atoms with van der Waals surface area (Å²) in [5.41, 5.74) is 0. The van der Waals surface area contributed by atoms with Crippen molar-refractivity contribution in [1.82, 2.24) is 0 Å². The van der Waals surface area contributed by atoms with E-state index in [4.69, 9.17) is 14.2 Å². The van der Waals surface area contributed by atoms with Crippen LogP contribution in [0.4, 0.5) is 0 Å². The van der Waals surface area contributed by atoms with Crippen molar-refractivity contribution in [2.24, 2.45) is 0 Å². The molecule has 1 unspecified atom stereocenters. The summed E-state index contributed by atoms with van der Waals surface area (Å²) in [6.07, 6.45) is 99.3. The Kier molecular flexibility index (Phi) is 62.9. The van der Waals surface area contributed by atoms with Crippen molar-refractivity contribution in [1.29, 1.82) is 0 Å². The van der Waals surface area contributed by atoms with Gasteiger partial charge in [-0.05, 0) is 148 Å². The van der Waals surface area contributed by atoms with Gasteiger partial charge in [0.2, 0.25) is 0 Å². The largest absolute Gasteiger partial charge is 0.462 e. The highest BCUT2D eigenvalue weighted by Crippen LogP contribution is 2.14. The lowest BCUT2D eigenvalue weighted by Gasteiger charge is -2.18. The van der Waals surface area contributed by atoms with Gasteiger partial charge in [0.05, 0.1) is 0 Å². The van der Waals surface area contributed by atoms with E-state index in [2.05, 4.69) is 191 Å². The minimum absolute atomic E-state index is 0.106. The fourth-order valence-corrected chi connectivity index (χ4v) is 8.35. The third kappa shape index (κ3) is 65.5. The molecule has 0 aromatic heterocycles. The van der Waals surface area contributed by atoms with E-state index in [0.717, 1.165) is 154 Å². The topological polar surface area (TPSA) is 78.9 Å². The molecule has 0 fully saturated rings. The average Bonchev–Trinajstić information content (AvgIpc) is 3.47. The minimum Gasteiger partial charge on any atom is -0.462 e. The van der Waals surface area contributed by atoms with Crippen LogP contribution in [0.3, 0.4) is 0 Å². The number of rotatable bonds is 57. The van der Waals surface area contributed by atoms with Crippen LogP contribution in [0.15, 0.2) is 170 Å². The highest BCUT2D eigenvalue weighted by molar-refractivity contribution is 5.71. The lowest BCUT2D eigenvalue weighted by Crippen LogP contribution is -2.30. The minimum atomic E-state index is -0.813. The molecule has 6 nitrogen and oxygen atoms in total. The summed E-state index contributed by atoms with van der Waals surface area (Å²) < 4.78 is 16.9. The number of hydrogen-bond donors (Lipinski definition) is 0. The molecule has 454 valence electrons. The second kappa shape index (κ2) is 67.3. The molecule has 0 aromatic carbocycles. The summed E-state index contributed by atoms with van der Waals surface area (Å²) in [4.78, 5) is 38.3. The zero-order valence-electron chi connectivity index (χ0n) is 52.0. The predicted octanol–water partition coefficient (Wildman–Crippen LogP) is 22.7. The van der Waals surface area contributed by atoms with Crippen LogP contribution in [0.2, 0.25) is 0 Å². The van der Waals surface area contributed by atoms with E-state index in [1.165, 1.54) is 64.2 Å². The summed E-state index contributed by atoms with van der Waals surface area (Å²) >= 11 is 0. The fourth-order valence-electron chi connectivity index (χ4n) is 8.35. The smallest absolute Gasteiger partial charge is 0.306 e. The van der Waals surface area contributed by atoms with Crippen LogP contribution >= 0.6 is 0 Å². The van der Waals surface area contributed by atoms with Gasteiger partial charge in [-0.2, -0.15) is 0 Å². The lowest BCUT2D eigenvalue weighted by molar-refractivity contribution is -0.167. The van der Waals surface area contributed by atoms with E-state index >= 15 is 0 Å². The number of carbonyl (C=O) groups is 3. The van der Waals surface area contributed by atoms with Gasteiger partial charge in [-0.3, -0.25) is 14.4 Å². The van der Waals surface area contributed by atoms with Gasteiger partial charge in [-0.1, -0.05) is 268 Å². The van der Waals surface area contributed by atoms with E-state index < -0.39 is 6.10 Å². The van der Waals surface area contributed by atoms with Crippen molar-refractivity contribution < 1.29 is 28.6 Å². The Balaban J connectivity index is 4.42. The van der Waals surface area contributed by atoms with Crippen LogP contribution in [0.5, 0.6) is 0 Å². The van der Waals surface area contributed by atoms with Crippen molar-refractivity contribution >= 4 is 17.9 Å². The molecule has 0 bridgehead atoms. The standard InChI is InChI=1S/C75H118O6/c1-4-7-10-13-16-19-22-24-26-28-30-32-34-36-37-39-40-42-44-46-48-50-53-56-59-62-65-68-74(77)80-71-72(70-79-73(76)67-64-61-58-55-52-21-18-15-12-9-6-3)81-75(78)69-66-63-60-57-54-51-49-47-45-43-41-38-35-33-31-29-27-25-23-20-17-14-11-8-5-2/h7-8,10-11,15-20,24-27,30-33,36-38,40-42,46,48,53,56,72H,4-6,9,12-14,21-23,28-29,34-35,39,43-45,47,49-52,54-55,57-71H2,1-3H3/b10-7-,11-8-,18-15-,19-16-,20-17-,26-24-,27-25-,32-30-,33-31-,37-36-,41-38-,42-40-,48-46-,56-53-. The first-order valence-electron chi connectivity index (χ1n) is 32.6. The second-order valence-corrected chi connectivity index (χ2v) is 20.9. The van der Waals surface area contributed by atoms with Gasteiger partial charge in [-0.25, -0.2) is 0 Å². The maximum absolute atomic E-state index is 12.9. The van der Waals surface area contributed by atoms with Crippen molar-refractivity contribution in [2.75, 3.05) is 13.2 Å². The van der Waals surface area contributed by atoms with Crippen molar-refractivity contribution in [3.63, 3.8) is 0 Å². The third-order valence-corrected chi connectivity index (χ3v) is 13.2. The van der Waals surface area contributed by atoms with Crippen LogP contribution in [0.25, 0.3) is 0 Å². The number of hydrogen-bond acceptors (Lipinski definition) is 6. The number of esters is 3. The number of allylic oxidation sites excluding steroid dienone is 28. The zero-order valence-corrected chi connectivity index (χ0v) is 52.0. The highest BCUT2D eigenvalue weighted by Gasteiger charge is 2.19. The van der Waals surface area contributed by atoms with Crippen molar-refractivity contribution in [2.45, 2.75) is 271 Å². The number of carbonyl (C=O) groups excluding carboxylic acids is 3. The normalized spacial score (nSPS) is 13.3. The van der Waals surface area contributed by atoms with Crippen LogP contribution in [-0.4, -0.2) is 37.2 Å². The van der Waals surface area contributed by atoms with Gasteiger partial charge in [-0.15, -0.1) is 0 Å². The Morgan fingerprint density at radius 2 is 0.481 bits per heavy atom. The van der Waals surface area contributed by atoms with Gasteiger partial charge in [0, 0.05) is 19.3 Å². The van der Waals surface area contributed by atoms with Crippen molar-refractivity contribution in [3.8, 4) is 0 Å². The third-order valence-electron chi connectivity index (χ3n) is 13.2. The molecule has 0 N–H and O–H groups in total. The Morgan fingerprint density at radius 1 is 0.259 bits per heavy atom. The molecule has 0 radical (unpaired) electrons. The lowest BCUT2D eigenvalue weighted by atomic mass is 10.1. The Morgan fingerprint density at radius 3 is 0.790 bits per heavy atom. The van der Waals surface area contributed by atoms with Crippen LogP contribution < -0.4 is 0 Å². The maximum atomic E-state index is 12.9.